The van der Waals surface area contributed by atoms with Crippen molar-refractivity contribution < 1.29 is 23.0 Å². The normalized spacial score (nSPS) is 27.2. The van der Waals surface area contributed by atoms with Crippen molar-refractivity contribution in [3.8, 4) is 5.75 Å². The van der Waals surface area contributed by atoms with Gasteiger partial charge in [-0.25, -0.2) is 13.8 Å². The van der Waals surface area contributed by atoms with Gasteiger partial charge in [-0.3, -0.25) is 4.79 Å². The van der Waals surface area contributed by atoms with Crippen molar-refractivity contribution in [1.29, 1.82) is 0 Å². The predicted octanol–water partition coefficient (Wildman–Crippen LogP) is 4.70. The number of alkyl halides is 2. The third kappa shape index (κ3) is 3.94. The summed E-state index contributed by atoms with van der Waals surface area (Å²) in [5, 5.41) is 3.84. The molecule has 3 aliphatic rings. The van der Waals surface area contributed by atoms with E-state index >= 15 is 0 Å². The number of amides is 1. The number of fused-ring (bicyclic) bond motifs is 4. The number of nitrogens with two attached hydrogens (primary N) is 1. The number of nitrogens with one attached hydrogen (secondary N) is 1. The molecular formula is C26H27F2N3O3S. The first-order valence-corrected chi connectivity index (χ1v) is 12.8. The zero-order valence-corrected chi connectivity index (χ0v) is 20.2. The van der Waals surface area contributed by atoms with Gasteiger partial charge in [-0.2, -0.15) is 0 Å². The summed E-state index contributed by atoms with van der Waals surface area (Å²) >= 11 is 1.29. The highest BCUT2D eigenvalue weighted by atomic mass is 32.1. The van der Waals surface area contributed by atoms with Crippen LogP contribution in [0.2, 0.25) is 0 Å². The van der Waals surface area contributed by atoms with Crippen LogP contribution in [0.3, 0.4) is 0 Å². The molecule has 0 radical (unpaired) electrons. The number of thiophene rings is 1. The van der Waals surface area contributed by atoms with Crippen LogP contribution in [0.15, 0.2) is 30.3 Å². The van der Waals surface area contributed by atoms with Crippen molar-refractivity contribution in [1.82, 2.24) is 10.3 Å². The topological polar surface area (TPSA) is 86.5 Å². The number of rotatable bonds is 3. The Hall–Kier alpha value is -2.78. The van der Waals surface area contributed by atoms with Crippen molar-refractivity contribution in [2.75, 3.05) is 25.6 Å². The van der Waals surface area contributed by atoms with E-state index < -0.39 is 17.8 Å². The van der Waals surface area contributed by atoms with E-state index in [9.17, 15) is 13.6 Å². The number of ether oxygens (including phenoxy) is 2. The third-order valence-corrected chi connectivity index (χ3v) is 8.72. The minimum atomic E-state index is -2.64. The second-order valence-electron chi connectivity index (χ2n) is 9.98. The monoisotopic (exact) mass is 499 g/mol. The second kappa shape index (κ2) is 8.41. The molecule has 1 saturated heterocycles. The van der Waals surface area contributed by atoms with Gasteiger partial charge >= 0.3 is 0 Å². The molecule has 6 nitrogen and oxygen atoms in total. The molecule has 1 saturated carbocycles. The number of aromatic nitrogens is 1. The minimum absolute atomic E-state index is 0.0769. The van der Waals surface area contributed by atoms with Crippen LogP contribution in [0.25, 0.3) is 10.2 Å². The molecule has 184 valence electrons. The molecule has 35 heavy (non-hydrogen) atoms. The van der Waals surface area contributed by atoms with E-state index in [0.717, 1.165) is 32.8 Å². The number of hydrogen-bond acceptors (Lipinski definition) is 6. The van der Waals surface area contributed by atoms with Crippen molar-refractivity contribution in [3.63, 3.8) is 0 Å². The number of nitrogen functional groups attached to an aromatic ring is 1. The lowest BCUT2D eigenvalue weighted by atomic mass is 9.69. The van der Waals surface area contributed by atoms with E-state index in [1.165, 1.54) is 11.3 Å². The van der Waals surface area contributed by atoms with Crippen LogP contribution in [-0.4, -0.2) is 42.7 Å². The molecule has 2 bridgehead atoms. The highest BCUT2D eigenvalue weighted by Crippen LogP contribution is 2.51. The number of halogens is 2. The Morgan fingerprint density at radius 1 is 1.17 bits per heavy atom. The summed E-state index contributed by atoms with van der Waals surface area (Å²) in [5.74, 6) is -3.47. The quantitative estimate of drug-likeness (QED) is 0.546. The van der Waals surface area contributed by atoms with Gasteiger partial charge in [0.2, 0.25) is 0 Å². The van der Waals surface area contributed by atoms with Crippen LogP contribution in [0.4, 0.5) is 14.5 Å². The Labute approximate surface area is 205 Å². The summed E-state index contributed by atoms with van der Waals surface area (Å²) in [5.41, 5.74) is 9.60. The van der Waals surface area contributed by atoms with Crippen LogP contribution in [-0.2, 0) is 11.2 Å². The molecule has 1 aromatic carbocycles. The Bertz CT molecular complexity index is 1290. The van der Waals surface area contributed by atoms with Gasteiger partial charge in [0.05, 0.1) is 24.9 Å². The van der Waals surface area contributed by atoms with Gasteiger partial charge in [-0.05, 0) is 61.4 Å². The summed E-state index contributed by atoms with van der Waals surface area (Å²) in [7, 11) is 0. The fourth-order valence-corrected chi connectivity index (χ4v) is 6.70. The SMILES string of the molecule is Cc1ccc2c(N)c(C(=O)N[C@H]3COc4cc(C5CC6COCC(C5)C6(F)F)ccc4C3)sc2n1. The largest absolute Gasteiger partial charge is 0.491 e. The van der Waals surface area contributed by atoms with Gasteiger partial charge in [0, 0.05) is 22.9 Å². The van der Waals surface area contributed by atoms with E-state index in [0.29, 0.717) is 36.4 Å². The van der Waals surface area contributed by atoms with E-state index in [-0.39, 0.29) is 31.1 Å². The number of pyridine rings is 1. The Morgan fingerprint density at radius 2 is 1.94 bits per heavy atom. The molecular weight excluding hydrogens is 472 g/mol. The molecule has 3 N–H and O–H groups in total. The van der Waals surface area contributed by atoms with Crippen molar-refractivity contribution in [2.24, 2.45) is 11.8 Å². The molecule has 0 spiro atoms. The average molecular weight is 500 g/mol. The lowest BCUT2D eigenvalue weighted by Gasteiger charge is -2.45. The number of carbonyl (C=O) groups is 1. The molecule has 2 aliphatic heterocycles. The average Bonchev–Trinajstić information content (AvgIpc) is 3.13. The molecule has 1 aliphatic carbocycles. The summed E-state index contributed by atoms with van der Waals surface area (Å²) in [6.45, 7) is 2.50. The van der Waals surface area contributed by atoms with Crippen molar-refractivity contribution in [3.05, 3.63) is 52.0 Å². The number of hydrogen-bond donors (Lipinski definition) is 2. The third-order valence-electron chi connectivity index (χ3n) is 7.61. The molecule has 9 heteroatoms. The minimum Gasteiger partial charge on any atom is -0.491 e. The fraction of sp³-hybridized carbons (Fsp3) is 0.462. The lowest BCUT2D eigenvalue weighted by Crippen LogP contribution is -2.50. The number of benzene rings is 1. The number of nitrogens with zero attached hydrogens (tertiary/aromatic N) is 1. The molecule has 2 aromatic heterocycles. The van der Waals surface area contributed by atoms with Crippen LogP contribution < -0.4 is 15.8 Å². The number of aryl methyl sites for hydroxylation is 1. The molecule has 6 rings (SSSR count). The number of carbonyl (C=O) groups excluding carboxylic acids is 1. The van der Waals surface area contributed by atoms with Gasteiger partial charge in [0.1, 0.15) is 22.1 Å². The van der Waals surface area contributed by atoms with Crippen LogP contribution in [0, 0.1) is 18.8 Å². The van der Waals surface area contributed by atoms with E-state index in [1.807, 2.05) is 37.3 Å². The summed E-state index contributed by atoms with van der Waals surface area (Å²) in [6.07, 6.45) is 1.48. The molecule has 4 heterocycles. The maximum absolute atomic E-state index is 14.5. The van der Waals surface area contributed by atoms with E-state index in [1.54, 1.807) is 0 Å². The first-order valence-electron chi connectivity index (χ1n) is 12.0. The summed E-state index contributed by atoms with van der Waals surface area (Å²) in [4.78, 5) is 18.7. The molecule has 3 aromatic rings. The van der Waals surface area contributed by atoms with Crippen molar-refractivity contribution >= 4 is 33.1 Å². The summed E-state index contributed by atoms with van der Waals surface area (Å²) < 4.78 is 40.4. The Kier molecular flexibility index (Phi) is 5.45. The van der Waals surface area contributed by atoms with Gasteiger partial charge in [0.15, 0.2) is 0 Å². The Morgan fingerprint density at radius 3 is 2.71 bits per heavy atom. The zero-order chi connectivity index (χ0) is 24.3. The summed E-state index contributed by atoms with van der Waals surface area (Å²) in [6, 6.07) is 9.61. The van der Waals surface area contributed by atoms with Gasteiger partial charge in [-0.1, -0.05) is 12.1 Å². The molecule has 3 atom stereocenters. The van der Waals surface area contributed by atoms with Gasteiger partial charge < -0.3 is 20.5 Å². The number of anilines is 1. The highest BCUT2D eigenvalue weighted by Gasteiger charge is 2.54. The first-order chi connectivity index (χ1) is 16.8. The van der Waals surface area contributed by atoms with Gasteiger partial charge in [0.25, 0.3) is 11.8 Å². The maximum Gasteiger partial charge on any atom is 0.263 e. The standard InChI is InChI=1S/C26H27F2N3O3S/c1-13-2-5-20-22(29)23(35-25(20)30-13)24(32)31-19-8-15-4-3-14(9-21(15)34-12-19)16-6-17-10-33-11-18(7-16)26(17,27)28/h2-5,9,16-19H,6-8,10-12,29H2,1H3,(H,31,32)/t16?,17?,18?,19-/m1/s1. The molecule has 1 amide bonds. The molecule has 2 fully saturated rings. The second-order valence-corrected chi connectivity index (χ2v) is 11.0. The highest BCUT2D eigenvalue weighted by molar-refractivity contribution is 7.21. The van der Waals surface area contributed by atoms with E-state index in [2.05, 4.69) is 10.3 Å². The zero-order valence-electron chi connectivity index (χ0n) is 19.4. The van der Waals surface area contributed by atoms with Crippen molar-refractivity contribution in [2.45, 2.75) is 44.1 Å². The fourth-order valence-electron chi connectivity index (χ4n) is 5.66. The smallest absolute Gasteiger partial charge is 0.263 e. The maximum atomic E-state index is 14.5. The van der Waals surface area contributed by atoms with Crippen LogP contribution in [0.1, 0.15) is 45.3 Å². The lowest BCUT2D eigenvalue weighted by molar-refractivity contribution is -0.206. The van der Waals surface area contributed by atoms with Crippen LogP contribution in [0.5, 0.6) is 5.75 Å². The predicted molar refractivity (Wildman–Crippen MR) is 130 cm³/mol. The van der Waals surface area contributed by atoms with E-state index in [4.69, 9.17) is 15.2 Å². The van der Waals surface area contributed by atoms with Crippen LogP contribution >= 0.6 is 11.3 Å². The Balaban J connectivity index is 1.15. The molecule has 2 unspecified atom stereocenters. The van der Waals surface area contributed by atoms with Gasteiger partial charge in [-0.15, -0.1) is 11.3 Å². The first kappa shape index (κ1) is 22.7.